The zero-order chi connectivity index (χ0) is 19.6. The molecule has 2 heterocycles. The number of hydrogen-bond donors (Lipinski definition) is 1. The number of carboxylic acids is 1. The first-order chi connectivity index (χ1) is 13.6. The molecular weight excluding hydrogens is 354 g/mol. The van der Waals surface area contributed by atoms with Crippen LogP contribution in [0.1, 0.15) is 42.9 Å². The second-order valence-electron chi connectivity index (χ2n) is 8.01. The molecular formula is C22H25N3O3. The number of aliphatic carboxylic acids is 1. The third-order valence-electron chi connectivity index (χ3n) is 6.46. The molecule has 1 amide bonds. The van der Waals surface area contributed by atoms with E-state index in [1.54, 1.807) is 23.5 Å². The Balaban J connectivity index is 1.45. The molecule has 1 aromatic heterocycles. The van der Waals surface area contributed by atoms with Crippen molar-refractivity contribution in [1.82, 2.24) is 14.9 Å². The first-order valence-electron chi connectivity index (χ1n) is 9.89. The van der Waals surface area contributed by atoms with Gasteiger partial charge in [-0.25, -0.2) is 0 Å². The van der Waals surface area contributed by atoms with E-state index >= 15 is 0 Å². The van der Waals surface area contributed by atoms with Gasteiger partial charge in [-0.1, -0.05) is 30.3 Å². The van der Waals surface area contributed by atoms with E-state index in [1.165, 1.54) is 5.56 Å². The van der Waals surface area contributed by atoms with Crippen molar-refractivity contribution in [2.45, 2.75) is 38.0 Å². The van der Waals surface area contributed by atoms with Gasteiger partial charge >= 0.3 is 5.97 Å². The summed E-state index contributed by atoms with van der Waals surface area (Å²) < 4.78 is 0. The summed E-state index contributed by atoms with van der Waals surface area (Å²) in [6, 6.07) is 10.3. The molecule has 1 saturated heterocycles. The zero-order valence-corrected chi connectivity index (χ0v) is 15.8. The van der Waals surface area contributed by atoms with Crippen LogP contribution in [-0.4, -0.2) is 44.9 Å². The molecule has 1 aliphatic carbocycles. The molecule has 1 aliphatic heterocycles. The van der Waals surface area contributed by atoms with Crippen LogP contribution in [0, 0.1) is 11.3 Å². The topological polar surface area (TPSA) is 83.4 Å². The smallest absolute Gasteiger partial charge is 0.311 e. The molecule has 6 nitrogen and oxygen atoms in total. The van der Waals surface area contributed by atoms with Gasteiger partial charge in [0.25, 0.3) is 0 Å². The van der Waals surface area contributed by atoms with Crippen molar-refractivity contribution in [1.29, 1.82) is 0 Å². The highest BCUT2D eigenvalue weighted by atomic mass is 16.4. The first kappa shape index (κ1) is 18.6. The normalized spacial score (nSPS) is 26.6. The molecule has 1 aromatic carbocycles. The monoisotopic (exact) mass is 379 g/mol. The molecule has 0 unspecified atom stereocenters. The number of carbonyl (C=O) groups excluding carboxylic acids is 1. The average Bonchev–Trinajstić information content (AvgIpc) is 3.14. The number of nitrogens with zero attached hydrogens (tertiary/aromatic N) is 3. The second-order valence-corrected chi connectivity index (χ2v) is 8.01. The van der Waals surface area contributed by atoms with Gasteiger partial charge in [-0.3, -0.25) is 19.6 Å². The van der Waals surface area contributed by atoms with Crippen molar-refractivity contribution in [2.75, 3.05) is 13.1 Å². The highest BCUT2D eigenvalue weighted by Gasteiger charge is 2.55. The van der Waals surface area contributed by atoms with Crippen LogP contribution in [-0.2, 0) is 16.0 Å². The number of amides is 1. The Morgan fingerprint density at radius 2 is 2.04 bits per heavy atom. The predicted molar refractivity (Wildman–Crippen MR) is 104 cm³/mol. The zero-order valence-electron chi connectivity index (χ0n) is 15.8. The first-order valence-corrected chi connectivity index (χ1v) is 9.89. The van der Waals surface area contributed by atoms with Gasteiger partial charge in [0.05, 0.1) is 11.1 Å². The highest BCUT2D eigenvalue weighted by molar-refractivity contribution is 5.81. The van der Waals surface area contributed by atoms with Gasteiger partial charge in [-0.05, 0) is 43.1 Å². The van der Waals surface area contributed by atoms with E-state index in [0.717, 1.165) is 18.5 Å². The summed E-state index contributed by atoms with van der Waals surface area (Å²) in [5, 5.41) is 10.0. The second kappa shape index (κ2) is 7.70. The molecule has 1 saturated carbocycles. The van der Waals surface area contributed by atoms with Gasteiger partial charge < -0.3 is 10.0 Å². The molecule has 0 radical (unpaired) electrons. The van der Waals surface area contributed by atoms with E-state index in [2.05, 4.69) is 22.1 Å². The van der Waals surface area contributed by atoms with Crippen LogP contribution >= 0.6 is 0 Å². The van der Waals surface area contributed by atoms with E-state index in [1.807, 2.05) is 18.2 Å². The third-order valence-corrected chi connectivity index (χ3v) is 6.46. The fourth-order valence-corrected chi connectivity index (χ4v) is 4.87. The maximum absolute atomic E-state index is 12.8. The Morgan fingerprint density at radius 3 is 2.75 bits per heavy atom. The highest BCUT2D eigenvalue weighted by Crippen LogP contribution is 2.51. The van der Waals surface area contributed by atoms with E-state index in [-0.39, 0.29) is 11.8 Å². The SMILES string of the molecule is O=C(CCc1cnccn1)N1C[C@@H]2C[C@@H](c3ccccc3)CC[C@]2(C(=O)O)C1. The fraction of sp³-hybridized carbons (Fsp3) is 0.455. The number of aryl methyl sites for hydroxylation is 1. The van der Waals surface area contributed by atoms with Gasteiger partial charge in [0.15, 0.2) is 0 Å². The fourth-order valence-electron chi connectivity index (χ4n) is 4.87. The van der Waals surface area contributed by atoms with Crippen molar-refractivity contribution in [3.63, 3.8) is 0 Å². The number of benzene rings is 1. The van der Waals surface area contributed by atoms with Crippen LogP contribution in [0.2, 0.25) is 0 Å². The van der Waals surface area contributed by atoms with Crippen molar-refractivity contribution < 1.29 is 14.7 Å². The standard InChI is InChI=1S/C22H25N3O3/c26-20(7-6-19-13-23-10-11-24-19)25-14-18-12-17(16-4-2-1-3-5-16)8-9-22(18,15-25)21(27)28/h1-5,10-11,13,17-18H,6-9,12,14-15H2,(H,27,28)/t17-,18-,22-/m0/s1. The summed E-state index contributed by atoms with van der Waals surface area (Å²) in [6.45, 7) is 0.864. The molecule has 146 valence electrons. The summed E-state index contributed by atoms with van der Waals surface area (Å²) in [5.74, 6) is -0.372. The Bertz CT molecular complexity index is 843. The van der Waals surface area contributed by atoms with Crippen LogP contribution in [0.4, 0.5) is 0 Å². The molecule has 0 bridgehead atoms. The lowest BCUT2D eigenvalue weighted by atomic mass is 9.64. The molecule has 4 rings (SSSR count). The number of likely N-dealkylation sites (tertiary alicyclic amines) is 1. The molecule has 1 N–H and O–H groups in total. The minimum absolute atomic E-state index is 0.00410. The molecule has 3 atom stereocenters. The van der Waals surface area contributed by atoms with E-state index in [9.17, 15) is 14.7 Å². The Kier molecular flexibility index (Phi) is 5.11. The number of fused-ring (bicyclic) bond motifs is 1. The summed E-state index contributed by atoms with van der Waals surface area (Å²) in [6.07, 6.45) is 8.06. The minimum Gasteiger partial charge on any atom is -0.481 e. The van der Waals surface area contributed by atoms with Crippen LogP contribution in [0.3, 0.4) is 0 Å². The number of carboxylic acid groups (broad SMARTS) is 1. The summed E-state index contributed by atoms with van der Waals surface area (Å²) >= 11 is 0. The van der Waals surface area contributed by atoms with Crippen molar-refractivity contribution in [3.8, 4) is 0 Å². The lowest BCUT2D eigenvalue weighted by Crippen LogP contribution is -2.43. The number of rotatable bonds is 5. The molecule has 2 fully saturated rings. The van der Waals surface area contributed by atoms with E-state index in [0.29, 0.717) is 38.3 Å². The van der Waals surface area contributed by atoms with Gasteiger partial charge in [0.1, 0.15) is 0 Å². The van der Waals surface area contributed by atoms with Crippen LogP contribution in [0.5, 0.6) is 0 Å². The maximum atomic E-state index is 12.8. The van der Waals surface area contributed by atoms with Gasteiger partial charge in [-0.2, -0.15) is 0 Å². The third kappa shape index (κ3) is 3.51. The molecule has 6 heteroatoms. The lowest BCUT2D eigenvalue weighted by molar-refractivity contribution is -0.152. The summed E-state index contributed by atoms with van der Waals surface area (Å²) in [4.78, 5) is 35.0. The van der Waals surface area contributed by atoms with Gasteiger partial charge in [-0.15, -0.1) is 0 Å². The average molecular weight is 379 g/mol. The Hall–Kier alpha value is -2.76. The van der Waals surface area contributed by atoms with Gasteiger partial charge in [0.2, 0.25) is 5.91 Å². The van der Waals surface area contributed by atoms with Crippen molar-refractivity contribution in [2.24, 2.45) is 11.3 Å². The number of hydrogen-bond acceptors (Lipinski definition) is 4. The van der Waals surface area contributed by atoms with Gasteiger partial charge in [0, 0.05) is 38.1 Å². The quantitative estimate of drug-likeness (QED) is 0.864. The maximum Gasteiger partial charge on any atom is 0.311 e. The van der Waals surface area contributed by atoms with Crippen molar-refractivity contribution >= 4 is 11.9 Å². The van der Waals surface area contributed by atoms with Crippen molar-refractivity contribution in [3.05, 3.63) is 60.2 Å². The summed E-state index contributed by atoms with van der Waals surface area (Å²) in [5.41, 5.74) is 1.26. The number of aromatic nitrogens is 2. The lowest BCUT2D eigenvalue weighted by Gasteiger charge is -2.38. The predicted octanol–water partition coefficient (Wildman–Crippen LogP) is 2.91. The summed E-state index contributed by atoms with van der Waals surface area (Å²) in [7, 11) is 0. The molecule has 0 spiro atoms. The Morgan fingerprint density at radius 1 is 1.21 bits per heavy atom. The van der Waals surface area contributed by atoms with Crippen LogP contribution in [0.25, 0.3) is 0 Å². The largest absolute Gasteiger partial charge is 0.481 e. The molecule has 2 aliphatic rings. The molecule has 2 aromatic rings. The van der Waals surface area contributed by atoms with Crippen LogP contribution in [0.15, 0.2) is 48.9 Å². The van der Waals surface area contributed by atoms with Crippen LogP contribution < -0.4 is 0 Å². The number of carbonyl (C=O) groups is 2. The Labute approximate surface area is 164 Å². The van der Waals surface area contributed by atoms with E-state index in [4.69, 9.17) is 0 Å². The minimum atomic E-state index is -0.798. The molecule has 28 heavy (non-hydrogen) atoms. The van der Waals surface area contributed by atoms with E-state index < -0.39 is 11.4 Å².